The summed E-state index contributed by atoms with van der Waals surface area (Å²) in [5.74, 6) is 3.18. The van der Waals surface area contributed by atoms with Crippen molar-refractivity contribution in [3.63, 3.8) is 0 Å². The van der Waals surface area contributed by atoms with Crippen LogP contribution in [0.2, 0.25) is 0 Å². The Morgan fingerprint density at radius 2 is 1.89 bits per heavy atom. The van der Waals surface area contributed by atoms with E-state index in [-0.39, 0.29) is 11.9 Å². The number of rotatable bonds is 9. The maximum atomic E-state index is 9.53. The summed E-state index contributed by atoms with van der Waals surface area (Å²) in [5, 5.41) is 9.74. The molecule has 1 aromatic carbocycles. The zero-order valence-corrected chi connectivity index (χ0v) is 16.5. The van der Waals surface area contributed by atoms with Gasteiger partial charge in [0, 0.05) is 23.3 Å². The molecule has 1 unspecified atom stereocenters. The van der Waals surface area contributed by atoms with Gasteiger partial charge in [0.1, 0.15) is 5.75 Å². The molecule has 2 aromatic heterocycles. The van der Waals surface area contributed by atoms with E-state index in [1.54, 1.807) is 13.3 Å². The van der Waals surface area contributed by atoms with Crippen molar-refractivity contribution < 1.29 is 18.8 Å². The normalized spacial score (nSPS) is 12.1. The smallest absolute Gasteiger partial charge is 0.226 e. The van der Waals surface area contributed by atoms with Gasteiger partial charge < -0.3 is 14.3 Å². The molecule has 3 rings (SSSR count). The standard InChI is InChI=1S/C21H25N2O3S/c1-3-12-27-19(15-24)14-23-10-8-16(9-11-23)20-13-22-21(26-20)17-4-6-18(25-2)7-5-17/h4-11,13,19,24H,3,12,14-15H2,1-2H3/q+1. The number of aliphatic hydroxyl groups excluding tert-OH is 1. The first kappa shape index (κ1) is 19.5. The van der Waals surface area contributed by atoms with Crippen LogP contribution in [-0.4, -0.2) is 34.8 Å². The van der Waals surface area contributed by atoms with Gasteiger partial charge in [-0.15, -0.1) is 11.8 Å². The lowest BCUT2D eigenvalue weighted by Gasteiger charge is -2.09. The van der Waals surface area contributed by atoms with Gasteiger partial charge in [0.2, 0.25) is 5.89 Å². The van der Waals surface area contributed by atoms with Crippen LogP contribution in [0.5, 0.6) is 5.75 Å². The maximum absolute atomic E-state index is 9.53. The Labute approximate surface area is 164 Å². The predicted molar refractivity (Wildman–Crippen MR) is 108 cm³/mol. The second kappa shape index (κ2) is 9.58. The van der Waals surface area contributed by atoms with Gasteiger partial charge >= 0.3 is 0 Å². The van der Waals surface area contributed by atoms with E-state index in [2.05, 4.69) is 16.5 Å². The van der Waals surface area contributed by atoms with E-state index < -0.39 is 0 Å². The highest BCUT2D eigenvalue weighted by Gasteiger charge is 2.15. The highest BCUT2D eigenvalue weighted by Crippen LogP contribution is 2.26. The van der Waals surface area contributed by atoms with Crippen LogP contribution in [0, 0.1) is 0 Å². The SMILES string of the molecule is CCCSC(CO)C[n+]1ccc(-c2cnc(-c3ccc(OC)cc3)o2)cc1. The molecule has 5 nitrogen and oxygen atoms in total. The van der Waals surface area contributed by atoms with Crippen molar-refractivity contribution in [2.75, 3.05) is 19.5 Å². The first-order valence-electron chi connectivity index (χ1n) is 9.05. The van der Waals surface area contributed by atoms with Crippen molar-refractivity contribution in [2.24, 2.45) is 0 Å². The Kier molecular flexibility index (Phi) is 6.90. The van der Waals surface area contributed by atoms with E-state index in [1.807, 2.05) is 60.6 Å². The van der Waals surface area contributed by atoms with Gasteiger partial charge in [0.25, 0.3) is 0 Å². The van der Waals surface area contributed by atoms with Gasteiger partial charge in [0.05, 0.1) is 25.2 Å². The van der Waals surface area contributed by atoms with Crippen molar-refractivity contribution in [3.05, 3.63) is 55.0 Å². The van der Waals surface area contributed by atoms with Crippen LogP contribution in [-0.2, 0) is 6.54 Å². The summed E-state index contributed by atoms with van der Waals surface area (Å²) >= 11 is 1.81. The molecule has 27 heavy (non-hydrogen) atoms. The van der Waals surface area contributed by atoms with E-state index in [1.165, 1.54) is 0 Å². The predicted octanol–water partition coefficient (Wildman–Crippen LogP) is 3.81. The molecule has 0 saturated heterocycles. The van der Waals surface area contributed by atoms with Crippen LogP contribution in [0.4, 0.5) is 0 Å². The number of benzene rings is 1. The summed E-state index contributed by atoms with van der Waals surface area (Å²) < 4.78 is 13.2. The number of thioether (sulfide) groups is 1. The number of hydrogen-bond donors (Lipinski definition) is 1. The fraction of sp³-hybridized carbons (Fsp3) is 0.333. The Morgan fingerprint density at radius 3 is 2.52 bits per heavy atom. The monoisotopic (exact) mass is 385 g/mol. The van der Waals surface area contributed by atoms with Crippen molar-refractivity contribution >= 4 is 11.8 Å². The van der Waals surface area contributed by atoms with Gasteiger partial charge in [-0.2, -0.15) is 0 Å². The summed E-state index contributed by atoms with van der Waals surface area (Å²) in [6, 6.07) is 11.7. The highest BCUT2D eigenvalue weighted by atomic mass is 32.2. The van der Waals surface area contributed by atoms with Crippen molar-refractivity contribution in [2.45, 2.75) is 25.1 Å². The molecule has 1 atom stereocenters. The van der Waals surface area contributed by atoms with Gasteiger partial charge in [-0.25, -0.2) is 9.55 Å². The van der Waals surface area contributed by atoms with Gasteiger partial charge in [0.15, 0.2) is 24.7 Å². The molecule has 0 amide bonds. The quantitative estimate of drug-likeness (QED) is 0.568. The average Bonchev–Trinajstić information content (AvgIpc) is 3.22. The van der Waals surface area contributed by atoms with Gasteiger partial charge in [-0.05, 0) is 36.4 Å². The Bertz CT molecular complexity index is 831. The number of methoxy groups -OCH3 is 1. The van der Waals surface area contributed by atoms with Crippen LogP contribution >= 0.6 is 11.8 Å². The van der Waals surface area contributed by atoms with Crippen LogP contribution < -0.4 is 9.30 Å². The zero-order valence-electron chi connectivity index (χ0n) is 15.7. The number of nitrogens with zero attached hydrogens (tertiary/aromatic N) is 2. The van der Waals surface area contributed by atoms with Crippen molar-refractivity contribution in [3.8, 4) is 28.5 Å². The van der Waals surface area contributed by atoms with Crippen molar-refractivity contribution in [1.82, 2.24) is 4.98 Å². The number of pyridine rings is 1. The molecule has 0 aliphatic rings. The molecule has 6 heteroatoms. The molecule has 0 bridgehead atoms. The fourth-order valence-corrected chi connectivity index (χ4v) is 3.65. The van der Waals surface area contributed by atoms with E-state index in [9.17, 15) is 5.11 Å². The molecule has 0 aliphatic carbocycles. The van der Waals surface area contributed by atoms with Crippen molar-refractivity contribution in [1.29, 1.82) is 0 Å². The largest absolute Gasteiger partial charge is 0.497 e. The summed E-state index contributed by atoms with van der Waals surface area (Å²) in [6.45, 7) is 3.13. The summed E-state index contributed by atoms with van der Waals surface area (Å²) in [6.07, 6.45) is 6.89. The van der Waals surface area contributed by atoms with E-state index in [4.69, 9.17) is 9.15 Å². The molecular weight excluding hydrogens is 360 g/mol. The minimum Gasteiger partial charge on any atom is -0.497 e. The Morgan fingerprint density at radius 1 is 1.15 bits per heavy atom. The number of aliphatic hydroxyl groups is 1. The lowest BCUT2D eigenvalue weighted by atomic mass is 10.2. The number of ether oxygens (including phenoxy) is 1. The van der Waals surface area contributed by atoms with Crippen LogP contribution in [0.1, 0.15) is 13.3 Å². The van der Waals surface area contributed by atoms with Crippen LogP contribution in [0.25, 0.3) is 22.8 Å². The lowest BCUT2D eigenvalue weighted by Crippen LogP contribution is -2.39. The molecule has 0 fully saturated rings. The summed E-state index contributed by atoms with van der Waals surface area (Å²) in [7, 11) is 1.64. The fourth-order valence-electron chi connectivity index (χ4n) is 2.70. The first-order chi connectivity index (χ1) is 13.2. The third-order valence-electron chi connectivity index (χ3n) is 4.19. The zero-order chi connectivity index (χ0) is 19.1. The minimum absolute atomic E-state index is 0.187. The molecular formula is C21H25N2O3S+. The molecule has 1 N–H and O–H groups in total. The van der Waals surface area contributed by atoms with Crippen LogP contribution in [0.3, 0.4) is 0 Å². The summed E-state index contributed by atoms with van der Waals surface area (Å²) in [5.41, 5.74) is 1.88. The number of hydrogen-bond acceptors (Lipinski definition) is 5. The third kappa shape index (κ3) is 5.11. The molecule has 0 aliphatic heterocycles. The maximum Gasteiger partial charge on any atom is 0.226 e. The molecule has 2 heterocycles. The van der Waals surface area contributed by atoms with Crippen LogP contribution in [0.15, 0.2) is 59.4 Å². The minimum atomic E-state index is 0.187. The molecule has 0 radical (unpaired) electrons. The lowest BCUT2D eigenvalue weighted by molar-refractivity contribution is -0.696. The van der Waals surface area contributed by atoms with E-state index in [0.29, 0.717) is 5.89 Å². The van der Waals surface area contributed by atoms with E-state index >= 15 is 0 Å². The second-order valence-electron chi connectivity index (χ2n) is 6.22. The highest BCUT2D eigenvalue weighted by molar-refractivity contribution is 7.99. The first-order valence-corrected chi connectivity index (χ1v) is 10.1. The number of oxazole rings is 1. The molecule has 0 saturated carbocycles. The van der Waals surface area contributed by atoms with E-state index in [0.717, 1.165) is 41.4 Å². The average molecular weight is 386 g/mol. The Balaban J connectivity index is 1.69. The van der Waals surface area contributed by atoms with Gasteiger partial charge in [-0.1, -0.05) is 6.92 Å². The second-order valence-corrected chi connectivity index (χ2v) is 7.63. The number of aromatic nitrogens is 2. The Hall–Kier alpha value is -2.31. The van der Waals surface area contributed by atoms with Gasteiger partial charge in [-0.3, -0.25) is 0 Å². The molecule has 0 spiro atoms. The molecule has 3 aromatic rings. The topological polar surface area (TPSA) is 59.4 Å². The third-order valence-corrected chi connectivity index (χ3v) is 5.61. The molecule has 142 valence electrons. The summed E-state index contributed by atoms with van der Waals surface area (Å²) in [4.78, 5) is 4.39.